The number of aromatic nitrogens is 2. The minimum atomic E-state index is -0.431. The average Bonchev–Trinajstić information content (AvgIpc) is 2.74. The highest BCUT2D eigenvalue weighted by atomic mass is 16.5. The summed E-state index contributed by atoms with van der Waals surface area (Å²) in [5.41, 5.74) is 2.21. The predicted octanol–water partition coefficient (Wildman–Crippen LogP) is 3.98. The number of esters is 1. The lowest BCUT2D eigenvalue weighted by atomic mass is 10.2. The molecule has 0 atom stereocenters. The third-order valence-corrected chi connectivity index (χ3v) is 4.28. The Kier molecular flexibility index (Phi) is 6.19. The third kappa shape index (κ3) is 4.76. The molecule has 1 amide bonds. The van der Waals surface area contributed by atoms with Crippen LogP contribution in [0.3, 0.4) is 0 Å². The second kappa shape index (κ2) is 8.97. The molecule has 1 heterocycles. The number of nitrogens with zero attached hydrogens (tertiary/aromatic N) is 3. The van der Waals surface area contributed by atoms with Crippen molar-refractivity contribution in [3.63, 3.8) is 0 Å². The van der Waals surface area contributed by atoms with Gasteiger partial charge in [0, 0.05) is 24.0 Å². The van der Waals surface area contributed by atoms with Crippen molar-refractivity contribution < 1.29 is 14.3 Å². The number of para-hydroxylation sites is 1. The molecule has 0 radical (unpaired) electrons. The van der Waals surface area contributed by atoms with Crippen molar-refractivity contribution in [2.75, 3.05) is 23.9 Å². The summed E-state index contributed by atoms with van der Waals surface area (Å²) >= 11 is 0. The van der Waals surface area contributed by atoms with Crippen LogP contribution in [0.4, 0.5) is 17.2 Å². The van der Waals surface area contributed by atoms with Gasteiger partial charge in [0.1, 0.15) is 17.3 Å². The van der Waals surface area contributed by atoms with Gasteiger partial charge < -0.3 is 15.0 Å². The highest BCUT2D eigenvalue weighted by Gasteiger charge is 2.15. The van der Waals surface area contributed by atoms with Gasteiger partial charge in [-0.15, -0.1) is 0 Å². The van der Waals surface area contributed by atoms with Crippen LogP contribution in [0.25, 0.3) is 0 Å². The molecule has 148 valence electrons. The van der Waals surface area contributed by atoms with E-state index in [0.29, 0.717) is 29.4 Å². The quantitative estimate of drug-likeness (QED) is 0.641. The summed E-state index contributed by atoms with van der Waals surface area (Å²) in [6.07, 6.45) is 0. The first-order valence-corrected chi connectivity index (χ1v) is 9.19. The van der Waals surface area contributed by atoms with Gasteiger partial charge in [-0.05, 0) is 50.2 Å². The number of benzene rings is 2. The molecule has 0 bridgehead atoms. The van der Waals surface area contributed by atoms with Gasteiger partial charge in [-0.25, -0.2) is 14.8 Å². The smallest absolute Gasteiger partial charge is 0.337 e. The van der Waals surface area contributed by atoms with Gasteiger partial charge in [0.2, 0.25) is 0 Å². The number of nitrogens with one attached hydrogen (secondary N) is 1. The van der Waals surface area contributed by atoms with E-state index >= 15 is 0 Å². The largest absolute Gasteiger partial charge is 0.465 e. The van der Waals surface area contributed by atoms with E-state index in [1.54, 1.807) is 37.3 Å². The van der Waals surface area contributed by atoms with Gasteiger partial charge in [0.25, 0.3) is 5.91 Å². The third-order valence-electron chi connectivity index (χ3n) is 4.28. The van der Waals surface area contributed by atoms with E-state index in [0.717, 1.165) is 5.69 Å². The van der Waals surface area contributed by atoms with Crippen LogP contribution in [0.5, 0.6) is 0 Å². The molecular weight excluding hydrogens is 368 g/mol. The van der Waals surface area contributed by atoms with E-state index in [1.807, 2.05) is 42.2 Å². The number of hydrogen-bond acceptors (Lipinski definition) is 6. The summed E-state index contributed by atoms with van der Waals surface area (Å²) in [4.78, 5) is 35.0. The Balaban J connectivity index is 1.83. The van der Waals surface area contributed by atoms with Gasteiger partial charge in [0.15, 0.2) is 0 Å². The molecule has 0 saturated carbocycles. The molecule has 1 aromatic heterocycles. The maximum Gasteiger partial charge on any atom is 0.337 e. The van der Waals surface area contributed by atoms with E-state index < -0.39 is 5.97 Å². The Hall–Kier alpha value is -3.74. The zero-order valence-electron chi connectivity index (χ0n) is 16.5. The first kappa shape index (κ1) is 20.0. The number of hydrogen-bond donors (Lipinski definition) is 1. The van der Waals surface area contributed by atoms with Gasteiger partial charge in [0.05, 0.1) is 12.7 Å². The Morgan fingerprint density at radius 3 is 2.34 bits per heavy atom. The van der Waals surface area contributed by atoms with E-state index in [2.05, 4.69) is 20.0 Å². The first-order chi connectivity index (χ1) is 14.0. The number of aryl methyl sites for hydroxylation is 1. The van der Waals surface area contributed by atoms with Crippen LogP contribution in [0.15, 0.2) is 60.7 Å². The van der Waals surface area contributed by atoms with Crippen molar-refractivity contribution in [1.29, 1.82) is 0 Å². The number of carbonyl (C=O) groups is 2. The molecule has 7 nitrogen and oxygen atoms in total. The van der Waals surface area contributed by atoms with Crippen LogP contribution in [0, 0.1) is 6.92 Å². The average molecular weight is 390 g/mol. The molecule has 0 fully saturated rings. The maximum absolute atomic E-state index is 12.7. The molecule has 0 unspecified atom stereocenters. The van der Waals surface area contributed by atoms with E-state index in [1.165, 1.54) is 7.11 Å². The lowest BCUT2D eigenvalue weighted by Gasteiger charge is -2.22. The standard InChI is InChI=1S/C22H22N4O3/c1-4-26(18-8-6-5-7-9-18)20-14-19(23-15(2)24-20)21(27)25-17-12-10-16(11-13-17)22(28)29-3/h5-14H,4H2,1-3H3,(H,25,27). The van der Waals surface area contributed by atoms with Crippen LogP contribution in [-0.4, -0.2) is 35.5 Å². The van der Waals surface area contributed by atoms with Crippen molar-refractivity contribution in [3.05, 3.63) is 77.7 Å². The number of carbonyl (C=O) groups excluding carboxylic acids is 2. The summed E-state index contributed by atoms with van der Waals surface area (Å²) < 4.78 is 4.67. The molecule has 3 aromatic rings. The number of methoxy groups -OCH3 is 1. The Labute approximate surface area is 169 Å². The zero-order chi connectivity index (χ0) is 20.8. The van der Waals surface area contributed by atoms with E-state index in [4.69, 9.17) is 0 Å². The number of amides is 1. The van der Waals surface area contributed by atoms with E-state index in [-0.39, 0.29) is 11.6 Å². The summed E-state index contributed by atoms with van der Waals surface area (Å²) in [7, 11) is 1.32. The molecule has 0 aliphatic heterocycles. The lowest BCUT2D eigenvalue weighted by molar-refractivity contribution is 0.0600. The lowest BCUT2D eigenvalue weighted by Crippen LogP contribution is -2.21. The van der Waals surface area contributed by atoms with Crippen LogP contribution in [-0.2, 0) is 4.74 Å². The molecule has 0 spiro atoms. The van der Waals surface area contributed by atoms with Crippen molar-refractivity contribution in [2.24, 2.45) is 0 Å². The second-order valence-electron chi connectivity index (χ2n) is 6.26. The van der Waals surface area contributed by atoms with Gasteiger partial charge >= 0.3 is 5.97 Å². The summed E-state index contributed by atoms with van der Waals surface area (Å²) in [5, 5.41) is 2.79. The Bertz CT molecular complexity index is 1000. The Morgan fingerprint density at radius 2 is 1.72 bits per heavy atom. The monoisotopic (exact) mass is 390 g/mol. The van der Waals surface area contributed by atoms with Crippen LogP contribution >= 0.6 is 0 Å². The minimum Gasteiger partial charge on any atom is -0.465 e. The topological polar surface area (TPSA) is 84.4 Å². The fourth-order valence-electron chi connectivity index (χ4n) is 2.89. The van der Waals surface area contributed by atoms with Crippen LogP contribution < -0.4 is 10.2 Å². The number of ether oxygens (including phenoxy) is 1. The predicted molar refractivity (Wildman–Crippen MR) is 112 cm³/mol. The van der Waals surface area contributed by atoms with Gasteiger partial charge in [-0.3, -0.25) is 4.79 Å². The van der Waals surface area contributed by atoms with Crippen molar-refractivity contribution in [2.45, 2.75) is 13.8 Å². The van der Waals surface area contributed by atoms with Crippen molar-refractivity contribution >= 4 is 29.1 Å². The highest BCUT2D eigenvalue weighted by molar-refractivity contribution is 6.03. The summed E-state index contributed by atoms with van der Waals surface area (Å²) in [6.45, 7) is 4.47. The summed E-state index contributed by atoms with van der Waals surface area (Å²) in [6, 6.07) is 18.0. The van der Waals surface area contributed by atoms with Crippen LogP contribution in [0.1, 0.15) is 33.6 Å². The number of rotatable bonds is 6. The first-order valence-electron chi connectivity index (χ1n) is 9.19. The van der Waals surface area contributed by atoms with Crippen molar-refractivity contribution in [3.8, 4) is 0 Å². The fraction of sp³-hybridized carbons (Fsp3) is 0.182. The molecule has 0 aliphatic rings. The highest BCUT2D eigenvalue weighted by Crippen LogP contribution is 2.24. The molecular formula is C22H22N4O3. The SMILES string of the molecule is CCN(c1ccccc1)c1cc(C(=O)Nc2ccc(C(=O)OC)cc2)nc(C)n1. The Morgan fingerprint density at radius 1 is 1.03 bits per heavy atom. The fourth-order valence-corrected chi connectivity index (χ4v) is 2.89. The molecule has 1 N–H and O–H groups in total. The molecule has 0 aliphatic carbocycles. The minimum absolute atomic E-state index is 0.263. The molecule has 2 aromatic carbocycles. The molecule has 7 heteroatoms. The molecule has 3 rings (SSSR count). The van der Waals surface area contributed by atoms with Gasteiger partial charge in [-0.2, -0.15) is 0 Å². The zero-order valence-corrected chi connectivity index (χ0v) is 16.5. The number of anilines is 3. The van der Waals surface area contributed by atoms with Crippen molar-refractivity contribution in [1.82, 2.24) is 9.97 Å². The van der Waals surface area contributed by atoms with E-state index in [9.17, 15) is 9.59 Å². The normalized spacial score (nSPS) is 10.3. The van der Waals surface area contributed by atoms with Crippen LogP contribution in [0.2, 0.25) is 0 Å². The maximum atomic E-state index is 12.7. The second-order valence-corrected chi connectivity index (χ2v) is 6.26. The molecule has 0 saturated heterocycles. The molecule has 29 heavy (non-hydrogen) atoms. The van der Waals surface area contributed by atoms with Gasteiger partial charge in [-0.1, -0.05) is 18.2 Å². The summed E-state index contributed by atoms with van der Waals surface area (Å²) in [5.74, 6) is 0.367.